The van der Waals surface area contributed by atoms with Crippen LogP contribution in [0.2, 0.25) is 0 Å². The first-order valence-electron chi connectivity index (χ1n) is 8.86. The van der Waals surface area contributed by atoms with Gasteiger partial charge in [-0.25, -0.2) is 0 Å². The number of hydrogen-bond donors (Lipinski definition) is 1. The molecule has 0 spiro atoms. The van der Waals surface area contributed by atoms with E-state index in [1.54, 1.807) is 7.11 Å². The number of phenolic OH excluding ortho intramolecular Hbond substituents is 1. The van der Waals surface area contributed by atoms with Crippen molar-refractivity contribution in [2.75, 3.05) is 14.2 Å². The highest BCUT2D eigenvalue weighted by Gasteiger charge is 2.20. The van der Waals surface area contributed by atoms with Crippen molar-refractivity contribution < 1.29 is 19.0 Å². The molecule has 0 atom stereocenters. The van der Waals surface area contributed by atoms with Crippen molar-refractivity contribution >= 4 is 22.7 Å². The molecule has 1 heterocycles. The topological polar surface area (TPSA) is 68.9 Å². The fourth-order valence-corrected chi connectivity index (χ4v) is 4.01. The molecule has 0 aliphatic rings. The smallest absolute Gasteiger partial charge is 0.197 e. The van der Waals surface area contributed by atoms with Gasteiger partial charge in [-0.15, -0.1) is 0 Å². The number of phenols is 1. The van der Waals surface area contributed by atoms with Crippen LogP contribution in [-0.4, -0.2) is 19.3 Å². The van der Waals surface area contributed by atoms with Crippen LogP contribution in [0.25, 0.3) is 22.3 Å². The predicted molar refractivity (Wildman–Crippen MR) is 113 cm³/mol. The standard InChI is InChI=1S/C23H18O5S/c1-26-15-9-6-10-16(11-15)29-23-18(25)13-20(27-2)21-17(24)12-19(28-22(21)23)14-7-4-3-5-8-14/h3-13,25H,1-2H3. The first-order valence-corrected chi connectivity index (χ1v) is 9.67. The maximum atomic E-state index is 12.9. The monoisotopic (exact) mass is 406 g/mol. The molecule has 4 rings (SSSR count). The third kappa shape index (κ3) is 3.67. The largest absolute Gasteiger partial charge is 0.506 e. The summed E-state index contributed by atoms with van der Waals surface area (Å²) in [4.78, 5) is 14.2. The normalized spacial score (nSPS) is 10.8. The number of rotatable bonds is 5. The molecule has 0 amide bonds. The second kappa shape index (κ2) is 7.93. The second-order valence-electron chi connectivity index (χ2n) is 6.25. The van der Waals surface area contributed by atoms with Gasteiger partial charge < -0.3 is 19.0 Å². The summed E-state index contributed by atoms with van der Waals surface area (Å²) < 4.78 is 16.7. The molecule has 1 N–H and O–H groups in total. The molecular weight excluding hydrogens is 388 g/mol. The zero-order valence-corrected chi connectivity index (χ0v) is 16.7. The number of hydrogen-bond acceptors (Lipinski definition) is 6. The van der Waals surface area contributed by atoms with Gasteiger partial charge in [0.05, 0.1) is 19.1 Å². The van der Waals surface area contributed by atoms with Gasteiger partial charge in [0.2, 0.25) is 0 Å². The SMILES string of the molecule is COc1cccc(Sc2c(O)cc(OC)c3c(=O)cc(-c4ccccc4)oc23)c1. The lowest BCUT2D eigenvalue weighted by molar-refractivity contribution is 0.408. The summed E-state index contributed by atoms with van der Waals surface area (Å²) in [5.41, 5.74) is 0.807. The summed E-state index contributed by atoms with van der Waals surface area (Å²) in [7, 11) is 3.04. The minimum Gasteiger partial charge on any atom is -0.506 e. The number of benzene rings is 3. The van der Waals surface area contributed by atoms with Crippen LogP contribution in [0, 0.1) is 0 Å². The van der Waals surface area contributed by atoms with E-state index in [4.69, 9.17) is 13.9 Å². The van der Waals surface area contributed by atoms with Gasteiger partial charge >= 0.3 is 0 Å². The Hall–Kier alpha value is -3.38. The van der Waals surface area contributed by atoms with Crippen LogP contribution in [0.1, 0.15) is 0 Å². The molecule has 0 saturated carbocycles. The van der Waals surface area contributed by atoms with Crippen molar-refractivity contribution in [3.63, 3.8) is 0 Å². The lowest BCUT2D eigenvalue weighted by Gasteiger charge is -2.13. The van der Waals surface area contributed by atoms with E-state index in [2.05, 4.69) is 0 Å². The van der Waals surface area contributed by atoms with E-state index in [1.807, 2.05) is 54.6 Å². The van der Waals surface area contributed by atoms with Crippen molar-refractivity contribution in [2.24, 2.45) is 0 Å². The van der Waals surface area contributed by atoms with Gasteiger partial charge in [0.25, 0.3) is 0 Å². The van der Waals surface area contributed by atoms with Crippen LogP contribution >= 0.6 is 11.8 Å². The Morgan fingerprint density at radius 1 is 0.931 bits per heavy atom. The molecule has 0 saturated heterocycles. The quantitative estimate of drug-likeness (QED) is 0.483. The molecule has 0 unspecified atom stereocenters. The first-order chi connectivity index (χ1) is 14.1. The van der Waals surface area contributed by atoms with Crippen LogP contribution in [0.5, 0.6) is 17.2 Å². The predicted octanol–water partition coefficient (Wildman–Crippen LogP) is 5.33. The molecule has 0 aliphatic carbocycles. The molecule has 3 aromatic carbocycles. The van der Waals surface area contributed by atoms with E-state index < -0.39 is 0 Å². The molecule has 0 radical (unpaired) electrons. The van der Waals surface area contributed by atoms with Crippen LogP contribution in [0.15, 0.2) is 85.7 Å². The van der Waals surface area contributed by atoms with Crippen LogP contribution in [0.3, 0.4) is 0 Å². The maximum absolute atomic E-state index is 12.9. The third-order valence-corrected chi connectivity index (χ3v) is 5.53. The van der Waals surface area contributed by atoms with Crippen molar-refractivity contribution in [2.45, 2.75) is 9.79 Å². The second-order valence-corrected chi connectivity index (χ2v) is 7.34. The third-order valence-electron chi connectivity index (χ3n) is 4.44. The minimum absolute atomic E-state index is 0.0319. The number of aromatic hydroxyl groups is 1. The van der Waals surface area contributed by atoms with Crippen molar-refractivity contribution in [3.05, 3.63) is 77.0 Å². The Balaban J connectivity index is 1.96. The first kappa shape index (κ1) is 19.0. The van der Waals surface area contributed by atoms with Crippen molar-refractivity contribution in [1.82, 2.24) is 0 Å². The average Bonchev–Trinajstić information content (AvgIpc) is 2.76. The van der Waals surface area contributed by atoms with E-state index in [0.717, 1.165) is 10.5 Å². The molecule has 0 bridgehead atoms. The van der Waals surface area contributed by atoms with Crippen LogP contribution in [0.4, 0.5) is 0 Å². The molecular formula is C23H18O5S. The molecule has 4 aromatic rings. The van der Waals surface area contributed by atoms with Gasteiger partial charge in [-0.3, -0.25) is 4.79 Å². The van der Waals surface area contributed by atoms with E-state index in [9.17, 15) is 9.90 Å². The van der Waals surface area contributed by atoms with Crippen molar-refractivity contribution in [3.8, 4) is 28.6 Å². The Kier molecular flexibility index (Phi) is 5.18. The van der Waals surface area contributed by atoms with Gasteiger partial charge in [0.15, 0.2) is 11.0 Å². The maximum Gasteiger partial charge on any atom is 0.197 e. The zero-order valence-electron chi connectivity index (χ0n) is 15.8. The zero-order chi connectivity index (χ0) is 20.4. The lowest BCUT2D eigenvalue weighted by atomic mass is 10.1. The van der Waals surface area contributed by atoms with E-state index in [-0.39, 0.29) is 27.9 Å². The summed E-state index contributed by atoms with van der Waals surface area (Å²) >= 11 is 1.29. The minimum atomic E-state index is -0.241. The molecule has 5 nitrogen and oxygen atoms in total. The average molecular weight is 406 g/mol. The van der Waals surface area contributed by atoms with Gasteiger partial charge in [-0.2, -0.15) is 0 Å². The molecule has 146 valence electrons. The van der Waals surface area contributed by atoms with Crippen LogP contribution < -0.4 is 14.9 Å². The molecule has 1 aromatic heterocycles. The van der Waals surface area contributed by atoms with Gasteiger partial charge in [0.1, 0.15) is 28.4 Å². The summed E-state index contributed by atoms with van der Waals surface area (Å²) in [6.07, 6.45) is 0. The lowest BCUT2D eigenvalue weighted by Crippen LogP contribution is -2.03. The van der Waals surface area contributed by atoms with Crippen molar-refractivity contribution in [1.29, 1.82) is 0 Å². The van der Waals surface area contributed by atoms with Gasteiger partial charge in [-0.05, 0) is 18.2 Å². The van der Waals surface area contributed by atoms with Crippen LogP contribution in [-0.2, 0) is 0 Å². The highest BCUT2D eigenvalue weighted by Crippen LogP contribution is 2.44. The molecule has 0 fully saturated rings. The van der Waals surface area contributed by atoms with Gasteiger partial charge in [-0.1, -0.05) is 48.2 Å². The fourth-order valence-electron chi connectivity index (χ4n) is 3.05. The Bertz CT molecular complexity index is 1230. The van der Waals surface area contributed by atoms with E-state index >= 15 is 0 Å². The van der Waals surface area contributed by atoms with E-state index in [1.165, 1.54) is 31.0 Å². The van der Waals surface area contributed by atoms with Gasteiger partial charge in [0, 0.05) is 22.6 Å². The molecule has 6 heteroatoms. The molecule has 0 aliphatic heterocycles. The number of fused-ring (bicyclic) bond motifs is 1. The molecule has 29 heavy (non-hydrogen) atoms. The highest BCUT2D eigenvalue weighted by molar-refractivity contribution is 7.99. The summed E-state index contributed by atoms with van der Waals surface area (Å²) in [5, 5.41) is 11.0. The number of methoxy groups -OCH3 is 2. The summed E-state index contributed by atoms with van der Waals surface area (Å²) in [5.74, 6) is 1.35. The number of ether oxygens (including phenoxy) is 2. The van der Waals surface area contributed by atoms with E-state index in [0.29, 0.717) is 16.4 Å². The highest BCUT2D eigenvalue weighted by atomic mass is 32.2. The Morgan fingerprint density at radius 2 is 1.72 bits per heavy atom. The summed E-state index contributed by atoms with van der Waals surface area (Å²) in [6, 6.07) is 19.7. The Labute approximate surface area is 171 Å². The Morgan fingerprint density at radius 3 is 2.45 bits per heavy atom. The fraction of sp³-hybridized carbons (Fsp3) is 0.0870. The summed E-state index contributed by atoms with van der Waals surface area (Å²) in [6.45, 7) is 0.